The third-order valence-electron chi connectivity index (χ3n) is 9.57. The predicted octanol–water partition coefficient (Wildman–Crippen LogP) is 9.88. The van der Waals surface area contributed by atoms with E-state index in [-0.39, 0.29) is 0 Å². The molecule has 218 valence electrons. The lowest BCUT2D eigenvalue weighted by Crippen LogP contribution is -2.36. The van der Waals surface area contributed by atoms with Gasteiger partial charge in [0.1, 0.15) is 6.34 Å². The average Bonchev–Trinajstić information content (AvgIpc) is 3.60. The molecule has 0 atom stereocenters. The number of rotatable bonds is 4. The Balaban J connectivity index is 1.32. The number of allylic oxidation sites excluding steroid dienone is 1. The van der Waals surface area contributed by atoms with Crippen molar-refractivity contribution < 1.29 is 0 Å². The Morgan fingerprint density at radius 1 is 0.696 bits per heavy atom. The van der Waals surface area contributed by atoms with Crippen LogP contribution in [0.5, 0.6) is 0 Å². The Morgan fingerprint density at radius 2 is 1.30 bits per heavy atom. The second-order valence-electron chi connectivity index (χ2n) is 11.8. The van der Waals surface area contributed by atoms with Crippen molar-refractivity contribution in [3.05, 3.63) is 162 Å². The van der Waals surface area contributed by atoms with Crippen LogP contribution in [0.1, 0.15) is 29.2 Å². The summed E-state index contributed by atoms with van der Waals surface area (Å²) in [5.41, 5.74) is 14.8. The second-order valence-corrected chi connectivity index (χ2v) is 11.8. The number of fused-ring (bicyclic) bond motifs is 12. The van der Waals surface area contributed by atoms with Gasteiger partial charge in [-0.2, -0.15) is 0 Å². The Kier molecular flexibility index (Phi) is 5.71. The molecule has 1 spiro atoms. The Labute approximate surface area is 267 Å². The van der Waals surface area contributed by atoms with Crippen LogP contribution < -0.4 is 4.90 Å². The molecule has 0 saturated heterocycles. The molecule has 3 heterocycles. The summed E-state index contributed by atoms with van der Waals surface area (Å²) in [6, 6.07) is 46.5. The summed E-state index contributed by atoms with van der Waals surface area (Å²) < 4.78 is 2.21. The van der Waals surface area contributed by atoms with Gasteiger partial charge in [-0.3, -0.25) is 9.98 Å². The van der Waals surface area contributed by atoms with Gasteiger partial charge in [-0.05, 0) is 89.5 Å². The van der Waals surface area contributed by atoms with E-state index in [0.717, 1.165) is 33.3 Å². The number of aromatic nitrogens is 2. The van der Waals surface area contributed by atoms with Crippen molar-refractivity contribution in [2.24, 2.45) is 9.98 Å². The Hall–Kier alpha value is -6.07. The molecule has 9 rings (SSSR count). The van der Waals surface area contributed by atoms with Gasteiger partial charge in [0.05, 0.1) is 33.3 Å². The number of pyridine rings is 1. The molecule has 0 bridgehead atoms. The van der Waals surface area contributed by atoms with Crippen LogP contribution in [0.25, 0.3) is 38.8 Å². The van der Waals surface area contributed by atoms with Crippen LogP contribution >= 0.6 is 0 Å². The van der Waals surface area contributed by atoms with E-state index >= 15 is 0 Å². The van der Waals surface area contributed by atoms with Gasteiger partial charge in [-0.25, -0.2) is 4.99 Å². The maximum atomic E-state index is 4.86. The molecule has 5 heteroatoms. The molecular formula is C41H29N5. The summed E-state index contributed by atoms with van der Waals surface area (Å²) in [5.74, 6) is 0. The fraction of sp³-hybridized carbons (Fsp3) is 0.0488. The first-order valence-electron chi connectivity index (χ1n) is 15.5. The topological polar surface area (TPSA) is 45.8 Å². The highest BCUT2D eigenvalue weighted by Gasteiger charge is 2.51. The van der Waals surface area contributed by atoms with E-state index in [1.54, 1.807) is 0 Å². The van der Waals surface area contributed by atoms with Crippen LogP contribution in [-0.4, -0.2) is 22.6 Å². The fourth-order valence-corrected chi connectivity index (χ4v) is 7.93. The third-order valence-corrected chi connectivity index (χ3v) is 9.57. The summed E-state index contributed by atoms with van der Waals surface area (Å²) >= 11 is 0. The number of hydrogen-bond donors (Lipinski definition) is 0. The van der Waals surface area contributed by atoms with Gasteiger partial charge >= 0.3 is 0 Å². The van der Waals surface area contributed by atoms with E-state index < -0.39 is 5.41 Å². The Morgan fingerprint density at radius 3 is 1.96 bits per heavy atom. The van der Waals surface area contributed by atoms with Crippen molar-refractivity contribution in [2.45, 2.75) is 12.3 Å². The smallest absolute Gasteiger partial charge is 0.114 e. The van der Waals surface area contributed by atoms with Gasteiger partial charge in [-0.1, -0.05) is 84.9 Å². The molecule has 1 aliphatic carbocycles. The minimum Gasteiger partial charge on any atom is -0.310 e. The van der Waals surface area contributed by atoms with Gasteiger partial charge in [0.15, 0.2) is 0 Å². The minimum absolute atomic E-state index is 0.429. The maximum absolute atomic E-state index is 4.86. The molecule has 0 saturated carbocycles. The normalized spacial score (nSPS) is 14.5. The molecule has 0 amide bonds. The summed E-state index contributed by atoms with van der Waals surface area (Å²) in [7, 11) is 0. The zero-order valence-corrected chi connectivity index (χ0v) is 25.3. The van der Waals surface area contributed by atoms with Crippen molar-refractivity contribution >= 4 is 57.8 Å². The molecule has 1 aliphatic heterocycles. The van der Waals surface area contributed by atoms with E-state index in [1.807, 2.05) is 25.4 Å². The van der Waals surface area contributed by atoms with Gasteiger partial charge in [0, 0.05) is 29.2 Å². The van der Waals surface area contributed by atoms with E-state index in [9.17, 15) is 0 Å². The van der Waals surface area contributed by atoms with Gasteiger partial charge in [0.2, 0.25) is 0 Å². The number of anilines is 3. The van der Waals surface area contributed by atoms with Crippen LogP contribution in [0, 0.1) is 0 Å². The lowest BCUT2D eigenvalue weighted by Gasteiger charge is -2.45. The fourth-order valence-electron chi connectivity index (χ4n) is 7.93. The van der Waals surface area contributed by atoms with Crippen LogP contribution in [0.15, 0.2) is 150 Å². The number of aliphatic imine (C=N–C) groups is 2. The molecule has 2 aliphatic rings. The number of nitrogens with zero attached hydrogens (tertiary/aromatic N) is 5. The first-order chi connectivity index (χ1) is 22.7. The van der Waals surface area contributed by atoms with Crippen LogP contribution in [0.2, 0.25) is 0 Å². The summed E-state index contributed by atoms with van der Waals surface area (Å²) in [6.07, 6.45) is 5.12. The molecule has 46 heavy (non-hydrogen) atoms. The average molecular weight is 592 g/mol. The highest BCUT2D eigenvalue weighted by atomic mass is 15.2. The lowest BCUT2D eigenvalue weighted by atomic mass is 9.64. The van der Waals surface area contributed by atoms with Gasteiger partial charge < -0.3 is 9.47 Å². The molecule has 0 fully saturated rings. The number of benzene rings is 5. The molecule has 5 aromatic carbocycles. The van der Waals surface area contributed by atoms with E-state index in [4.69, 9.17) is 4.98 Å². The zero-order valence-electron chi connectivity index (χ0n) is 25.3. The molecule has 7 aromatic rings. The van der Waals surface area contributed by atoms with E-state index in [0.29, 0.717) is 0 Å². The minimum atomic E-state index is -0.429. The quantitative estimate of drug-likeness (QED) is 0.151. The molecule has 2 aromatic heterocycles. The zero-order chi connectivity index (χ0) is 30.8. The third kappa shape index (κ3) is 3.42. The highest BCUT2D eigenvalue weighted by Crippen LogP contribution is 2.63. The van der Waals surface area contributed by atoms with E-state index in [1.165, 1.54) is 51.1 Å². The van der Waals surface area contributed by atoms with Crippen molar-refractivity contribution in [1.29, 1.82) is 0 Å². The predicted molar refractivity (Wildman–Crippen MR) is 191 cm³/mol. The van der Waals surface area contributed by atoms with Crippen molar-refractivity contribution in [2.75, 3.05) is 4.90 Å². The highest BCUT2D eigenvalue weighted by molar-refractivity contribution is 6.09. The SMILES string of the molecule is C=NC=N/C=C(\C)n1c2ccc(N3c4ccccc4C4(c5ccccc5-c5ccccc54)c4ccccc43)cc2c2ncccc21. The molecular weight excluding hydrogens is 562 g/mol. The summed E-state index contributed by atoms with van der Waals surface area (Å²) in [6.45, 7) is 5.55. The first-order valence-corrected chi connectivity index (χ1v) is 15.5. The first kappa shape index (κ1) is 26.3. The standard InChI is InChI=1S/C41H29N5/c1-27(25-43-26-42-2)45-36-22-21-28(24-31(36)40-39(45)20-11-23-44-40)46-37-18-9-7-16-34(37)41(35-17-8-10-19-38(35)46)32-14-5-3-12-29(32)30-13-4-6-15-33(30)41/h3-26H,2H2,1H3/b27-25+,43-26?. The largest absolute Gasteiger partial charge is 0.310 e. The second kappa shape index (κ2) is 9.98. The maximum Gasteiger partial charge on any atom is 0.114 e. The van der Waals surface area contributed by atoms with Crippen molar-refractivity contribution in [3.63, 3.8) is 0 Å². The Bertz CT molecular complexity index is 2330. The van der Waals surface area contributed by atoms with Gasteiger partial charge in [0.25, 0.3) is 0 Å². The van der Waals surface area contributed by atoms with Crippen LogP contribution in [-0.2, 0) is 5.41 Å². The van der Waals surface area contributed by atoms with Crippen LogP contribution in [0.4, 0.5) is 17.1 Å². The van der Waals surface area contributed by atoms with Crippen molar-refractivity contribution in [1.82, 2.24) is 9.55 Å². The molecule has 5 nitrogen and oxygen atoms in total. The number of hydrogen-bond acceptors (Lipinski definition) is 3. The number of para-hydroxylation sites is 2. The molecule has 0 N–H and O–H groups in total. The van der Waals surface area contributed by atoms with E-state index in [2.05, 4.69) is 147 Å². The molecule has 0 unspecified atom stereocenters. The van der Waals surface area contributed by atoms with Gasteiger partial charge in [-0.15, -0.1) is 0 Å². The molecule has 0 radical (unpaired) electrons. The van der Waals surface area contributed by atoms with Crippen LogP contribution in [0.3, 0.4) is 0 Å². The summed E-state index contributed by atoms with van der Waals surface area (Å²) in [5, 5.41) is 1.08. The lowest BCUT2D eigenvalue weighted by molar-refractivity contribution is 0.752. The van der Waals surface area contributed by atoms with Crippen molar-refractivity contribution in [3.8, 4) is 11.1 Å². The monoisotopic (exact) mass is 591 g/mol. The summed E-state index contributed by atoms with van der Waals surface area (Å²) in [4.78, 5) is 15.3.